The Bertz CT molecular complexity index is 2900. The van der Waals surface area contributed by atoms with Crippen molar-refractivity contribution >= 4 is 33.0 Å². The zero-order valence-corrected chi connectivity index (χ0v) is 27.8. The lowest BCUT2D eigenvalue weighted by Gasteiger charge is -2.14. The molecule has 10 rings (SSSR count). The smallest absolute Gasteiger partial charge is 0.227 e. The van der Waals surface area contributed by atoms with Crippen LogP contribution in [0.1, 0.15) is 0 Å². The molecule has 0 atom stereocenters. The van der Waals surface area contributed by atoms with E-state index in [0.717, 1.165) is 77.5 Å². The minimum absolute atomic E-state index is 0.580. The van der Waals surface area contributed by atoms with E-state index < -0.39 is 0 Å². The Morgan fingerprint density at radius 2 is 0.962 bits per heavy atom. The molecule has 6 heteroatoms. The molecule has 0 spiro atoms. The monoisotopic (exact) mass is 668 g/mol. The Hall–Kier alpha value is -7.18. The molecule has 0 fully saturated rings. The summed E-state index contributed by atoms with van der Waals surface area (Å²) in [7, 11) is 0. The van der Waals surface area contributed by atoms with Crippen molar-refractivity contribution in [3.63, 3.8) is 0 Å². The van der Waals surface area contributed by atoms with Crippen molar-refractivity contribution in [3.8, 4) is 67.9 Å². The fraction of sp³-hybridized carbons (Fsp3) is 0. The molecule has 0 bridgehead atoms. The summed E-state index contributed by atoms with van der Waals surface area (Å²) in [6.45, 7) is 0. The average molecular weight is 669 g/mol. The number of rotatable bonds is 6. The molecule has 6 nitrogen and oxygen atoms in total. The number of nitrogens with zero attached hydrogens (tertiary/aromatic N) is 4. The van der Waals surface area contributed by atoms with E-state index >= 15 is 0 Å². The first-order chi connectivity index (χ1) is 25.7. The van der Waals surface area contributed by atoms with E-state index in [0.29, 0.717) is 23.4 Å². The van der Waals surface area contributed by atoms with Crippen LogP contribution in [0.25, 0.3) is 101 Å². The molecule has 7 aromatic carbocycles. The number of fused-ring (bicyclic) bond motifs is 4. The molecule has 0 N–H and O–H groups in total. The van der Waals surface area contributed by atoms with Crippen molar-refractivity contribution in [1.29, 1.82) is 0 Å². The van der Waals surface area contributed by atoms with Crippen LogP contribution in [0.5, 0.6) is 0 Å². The minimum atomic E-state index is 0.580. The molecule has 52 heavy (non-hydrogen) atoms. The number of benzene rings is 7. The van der Waals surface area contributed by atoms with Gasteiger partial charge in [0.1, 0.15) is 16.7 Å². The van der Waals surface area contributed by atoms with Crippen LogP contribution in [0.2, 0.25) is 0 Å². The van der Waals surface area contributed by atoms with E-state index in [9.17, 15) is 0 Å². The van der Waals surface area contributed by atoms with Gasteiger partial charge in [-0.1, -0.05) is 127 Å². The van der Waals surface area contributed by atoms with Crippen LogP contribution in [-0.4, -0.2) is 19.9 Å². The first-order valence-electron chi connectivity index (χ1n) is 17.1. The van der Waals surface area contributed by atoms with Gasteiger partial charge in [0.15, 0.2) is 23.1 Å². The molecular weight excluding hydrogens is 641 g/mol. The number of hydrogen-bond acceptors (Lipinski definition) is 6. The van der Waals surface area contributed by atoms with Crippen LogP contribution in [-0.2, 0) is 0 Å². The van der Waals surface area contributed by atoms with Gasteiger partial charge in [-0.3, -0.25) is 0 Å². The maximum Gasteiger partial charge on any atom is 0.227 e. The number of furan rings is 1. The molecule has 244 valence electrons. The van der Waals surface area contributed by atoms with Gasteiger partial charge in [-0.2, -0.15) is 0 Å². The van der Waals surface area contributed by atoms with Gasteiger partial charge in [-0.05, 0) is 64.7 Å². The van der Waals surface area contributed by atoms with Crippen molar-refractivity contribution in [2.75, 3.05) is 0 Å². The quantitative estimate of drug-likeness (QED) is 0.175. The van der Waals surface area contributed by atoms with E-state index in [1.54, 1.807) is 0 Å². The van der Waals surface area contributed by atoms with Gasteiger partial charge in [0, 0.05) is 33.0 Å². The van der Waals surface area contributed by atoms with Crippen molar-refractivity contribution < 1.29 is 8.83 Å². The largest absolute Gasteiger partial charge is 0.456 e. The van der Waals surface area contributed by atoms with Crippen LogP contribution >= 0.6 is 0 Å². The third-order valence-electron chi connectivity index (χ3n) is 9.39. The summed E-state index contributed by atoms with van der Waals surface area (Å²) in [5.41, 5.74) is 11.0. The second-order valence-electron chi connectivity index (χ2n) is 12.6. The first-order valence-corrected chi connectivity index (χ1v) is 17.1. The third-order valence-corrected chi connectivity index (χ3v) is 9.39. The highest BCUT2D eigenvalue weighted by atomic mass is 16.3. The molecule has 0 aliphatic heterocycles. The van der Waals surface area contributed by atoms with Crippen LogP contribution in [0.15, 0.2) is 179 Å². The molecule has 3 heterocycles. The van der Waals surface area contributed by atoms with Crippen molar-refractivity contribution in [1.82, 2.24) is 19.9 Å². The highest BCUT2D eigenvalue weighted by Crippen LogP contribution is 2.39. The van der Waals surface area contributed by atoms with Crippen LogP contribution in [0, 0.1) is 0 Å². The number of hydrogen-bond donors (Lipinski definition) is 0. The highest BCUT2D eigenvalue weighted by molar-refractivity contribution is 6.11. The fourth-order valence-electron chi connectivity index (χ4n) is 6.89. The van der Waals surface area contributed by atoms with Gasteiger partial charge in [0.05, 0.1) is 0 Å². The minimum Gasteiger partial charge on any atom is -0.456 e. The van der Waals surface area contributed by atoms with E-state index in [2.05, 4.69) is 66.7 Å². The third kappa shape index (κ3) is 5.22. The number of aromatic nitrogens is 4. The topological polar surface area (TPSA) is 77.8 Å². The lowest BCUT2D eigenvalue weighted by Crippen LogP contribution is -2.01. The predicted octanol–water partition coefficient (Wildman–Crippen LogP) is 11.9. The zero-order valence-electron chi connectivity index (χ0n) is 27.8. The highest BCUT2D eigenvalue weighted by Gasteiger charge is 2.19. The molecule has 0 saturated heterocycles. The van der Waals surface area contributed by atoms with E-state index in [-0.39, 0.29) is 0 Å². The molecule has 0 radical (unpaired) electrons. The predicted molar refractivity (Wildman–Crippen MR) is 207 cm³/mol. The molecule has 0 aliphatic rings. The Morgan fingerprint density at radius 3 is 1.75 bits per heavy atom. The van der Waals surface area contributed by atoms with Gasteiger partial charge in [-0.15, -0.1) is 0 Å². The van der Waals surface area contributed by atoms with E-state index in [4.69, 9.17) is 28.8 Å². The van der Waals surface area contributed by atoms with Gasteiger partial charge in [0.2, 0.25) is 5.89 Å². The molecule has 0 saturated carbocycles. The summed E-state index contributed by atoms with van der Waals surface area (Å²) in [4.78, 5) is 20.1. The molecule has 0 aliphatic carbocycles. The van der Waals surface area contributed by atoms with Crippen LogP contribution < -0.4 is 0 Å². The van der Waals surface area contributed by atoms with Crippen LogP contribution in [0.4, 0.5) is 0 Å². The Labute approximate surface area is 298 Å². The Morgan fingerprint density at radius 1 is 0.327 bits per heavy atom. The first kappa shape index (κ1) is 29.7. The summed E-state index contributed by atoms with van der Waals surface area (Å²) in [5, 5.41) is 2.00. The lowest BCUT2D eigenvalue weighted by atomic mass is 9.92. The Balaban J connectivity index is 1.15. The van der Waals surface area contributed by atoms with Crippen molar-refractivity contribution in [2.45, 2.75) is 0 Å². The lowest BCUT2D eigenvalue weighted by molar-refractivity contribution is 0.620. The van der Waals surface area contributed by atoms with Gasteiger partial charge < -0.3 is 8.83 Å². The number of oxazole rings is 1. The zero-order chi connectivity index (χ0) is 34.4. The second kappa shape index (κ2) is 12.3. The van der Waals surface area contributed by atoms with Crippen molar-refractivity contribution in [3.05, 3.63) is 170 Å². The Kier molecular flexibility index (Phi) is 7.03. The maximum absolute atomic E-state index is 6.23. The summed E-state index contributed by atoms with van der Waals surface area (Å²) < 4.78 is 12.4. The van der Waals surface area contributed by atoms with E-state index in [1.807, 2.05) is 103 Å². The van der Waals surface area contributed by atoms with Gasteiger partial charge in [0.25, 0.3) is 0 Å². The molecule has 0 amide bonds. The average Bonchev–Trinajstić information content (AvgIpc) is 3.83. The molecule has 10 aromatic rings. The standard InChI is InChI=1S/C46H28N4O2/c1-4-13-29(14-5-1)37-27-33(23-25-34(37)32-24-26-40-38(28-32)47-46(52-40)31-17-8-3-9-18-31)44-48-43(30-15-6-2-7-16-30)49-45(50-44)36-20-12-22-41-42(36)35-19-10-11-21-39(35)51-41/h1-28H. The SMILES string of the molecule is c1ccc(-c2nc(-c3ccc(-c4ccc5oc(-c6ccccc6)nc5c4)c(-c4ccccc4)c3)nc(-c3cccc4oc5ccccc5c34)n2)cc1. The van der Waals surface area contributed by atoms with Crippen LogP contribution in [0.3, 0.4) is 0 Å². The molecular formula is C46H28N4O2. The summed E-state index contributed by atoms with van der Waals surface area (Å²) in [6.07, 6.45) is 0. The summed E-state index contributed by atoms with van der Waals surface area (Å²) >= 11 is 0. The second-order valence-corrected chi connectivity index (χ2v) is 12.6. The van der Waals surface area contributed by atoms with E-state index in [1.165, 1.54) is 0 Å². The molecule has 0 unspecified atom stereocenters. The summed E-state index contributed by atoms with van der Waals surface area (Å²) in [6, 6.07) is 57.1. The van der Waals surface area contributed by atoms with Crippen molar-refractivity contribution in [2.24, 2.45) is 0 Å². The molecule has 3 aromatic heterocycles. The fourth-order valence-corrected chi connectivity index (χ4v) is 6.89. The maximum atomic E-state index is 6.23. The summed E-state index contributed by atoms with van der Waals surface area (Å²) in [5.74, 6) is 2.36. The van der Waals surface area contributed by atoms with Gasteiger partial charge >= 0.3 is 0 Å². The number of para-hydroxylation sites is 1. The normalized spacial score (nSPS) is 11.5. The van der Waals surface area contributed by atoms with Gasteiger partial charge in [-0.25, -0.2) is 19.9 Å².